The van der Waals surface area contributed by atoms with Gasteiger partial charge in [-0.1, -0.05) is 0 Å². The molecule has 5 heterocycles. The van der Waals surface area contributed by atoms with E-state index in [4.69, 9.17) is 0 Å². The minimum atomic E-state index is -0.0336. The number of nitrogens with zero attached hydrogens (tertiary/aromatic N) is 2. The van der Waals surface area contributed by atoms with Crippen LogP contribution in [-0.4, -0.2) is 41.0 Å². The van der Waals surface area contributed by atoms with Crippen LogP contribution in [-0.2, 0) is 0 Å². The van der Waals surface area contributed by atoms with Crippen molar-refractivity contribution in [1.82, 2.24) is 15.2 Å². The zero-order valence-electron chi connectivity index (χ0n) is 12.1. The lowest BCUT2D eigenvalue weighted by atomic mass is 9.79. The maximum Gasteiger partial charge on any atom is 0.270 e. The Morgan fingerprint density at radius 3 is 2.86 bits per heavy atom. The highest BCUT2D eigenvalue weighted by atomic mass is 32.1. The summed E-state index contributed by atoms with van der Waals surface area (Å²) in [5.74, 6) is 0.590. The summed E-state index contributed by atoms with van der Waals surface area (Å²) < 4.78 is 0. The fraction of sp³-hybridized carbons (Fsp3) is 0.500. The van der Waals surface area contributed by atoms with Gasteiger partial charge in [-0.15, -0.1) is 0 Å². The van der Waals surface area contributed by atoms with Gasteiger partial charge in [0.2, 0.25) is 0 Å². The van der Waals surface area contributed by atoms with E-state index in [-0.39, 0.29) is 11.9 Å². The van der Waals surface area contributed by atoms with Gasteiger partial charge in [-0.2, -0.15) is 11.3 Å². The van der Waals surface area contributed by atoms with Crippen molar-refractivity contribution < 1.29 is 4.79 Å². The van der Waals surface area contributed by atoms with E-state index in [9.17, 15) is 4.79 Å². The summed E-state index contributed by atoms with van der Waals surface area (Å²) in [5, 5.41) is 9.55. The Labute approximate surface area is 128 Å². The lowest BCUT2D eigenvalue weighted by Crippen LogP contribution is -2.62. The van der Waals surface area contributed by atoms with Gasteiger partial charge in [0.1, 0.15) is 5.69 Å². The first-order chi connectivity index (χ1) is 10.2. The van der Waals surface area contributed by atoms with Crippen molar-refractivity contribution >= 4 is 28.0 Å². The van der Waals surface area contributed by atoms with Crippen molar-refractivity contribution in [3.05, 3.63) is 28.7 Å². The lowest BCUT2D eigenvalue weighted by Gasteiger charge is -2.49. The molecule has 3 fully saturated rings. The number of thiophene rings is 1. The average Bonchev–Trinajstić information content (AvgIpc) is 2.98. The van der Waals surface area contributed by atoms with Crippen LogP contribution < -0.4 is 5.32 Å². The Hall–Kier alpha value is -1.46. The second-order valence-corrected chi connectivity index (χ2v) is 6.93. The minimum Gasteiger partial charge on any atom is -0.346 e. The highest BCUT2D eigenvalue weighted by Crippen LogP contribution is 2.32. The molecule has 3 aliphatic rings. The lowest BCUT2D eigenvalue weighted by molar-refractivity contribution is 0.0216. The molecule has 21 heavy (non-hydrogen) atoms. The number of fused-ring (bicyclic) bond motifs is 4. The first-order valence-electron chi connectivity index (χ1n) is 7.59. The molecule has 0 saturated carbocycles. The van der Waals surface area contributed by atoms with Gasteiger partial charge in [0, 0.05) is 29.0 Å². The van der Waals surface area contributed by atoms with Crippen LogP contribution in [0.4, 0.5) is 0 Å². The molecule has 2 aromatic heterocycles. The number of nitrogens with one attached hydrogen (secondary N) is 1. The van der Waals surface area contributed by atoms with Gasteiger partial charge >= 0.3 is 0 Å². The third-order valence-electron chi connectivity index (χ3n) is 5.07. The van der Waals surface area contributed by atoms with Crippen LogP contribution in [0.2, 0.25) is 0 Å². The summed E-state index contributed by atoms with van der Waals surface area (Å²) in [6.07, 6.45) is 4.19. The molecule has 5 heteroatoms. The Morgan fingerprint density at radius 1 is 1.33 bits per heavy atom. The number of piperidine rings is 3. The third-order valence-corrected chi connectivity index (χ3v) is 5.85. The SMILES string of the molecule is CC1C(NC(=O)c2cc3cscc3cn2)C2CCN1CC2. The quantitative estimate of drug-likeness (QED) is 0.927. The second kappa shape index (κ2) is 5.07. The van der Waals surface area contributed by atoms with Crippen LogP contribution in [0.25, 0.3) is 10.8 Å². The molecular formula is C16H19N3OS. The van der Waals surface area contributed by atoms with E-state index >= 15 is 0 Å². The topological polar surface area (TPSA) is 45.2 Å². The number of hydrogen-bond donors (Lipinski definition) is 1. The molecular weight excluding hydrogens is 282 g/mol. The molecule has 1 amide bonds. The van der Waals surface area contributed by atoms with E-state index in [1.807, 2.05) is 6.07 Å². The predicted octanol–water partition coefficient (Wildman–Crippen LogP) is 2.51. The Kier molecular flexibility index (Phi) is 3.19. The van der Waals surface area contributed by atoms with Crippen LogP contribution in [0.15, 0.2) is 23.0 Å². The smallest absolute Gasteiger partial charge is 0.270 e. The Balaban J connectivity index is 1.54. The van der Waals surface area contributed by atoms with Gasteiger partial charge < -0.3 is 5.32 Å². The number of pyridine rings is 1. The van der Waals surface area contributed by atoms with Crippen molar-refractivity contribution in [2.45, 2.75) is 31.8 Å². The summed E-state index contributed by atoms with van der Waals surface area (Å²) in [4.78, 5) is 19.3. The molecule has 1 N–H and O–H groups in total. The third kappa shape index (κ3) is 2.24. The molecule has 110 valence electrons. The summed E-state index contributed by atoms with van der Waals surface area (Å²) in [6.45, 7) is 4.58. The molecule has 2 bridgehead atoms. The van der Waals surface area contributed by atoms with Crippen LogP contribution in [0.5, 0.6) is 0 Å². The maximum absolute atomic E-state index is 12.5. The molecule has 0 spiro atoms. The first kappa shape index (κ1) is 13.2. The Morgan fingerprint density at radius 2 is 2.10 bits per heavy atom. The van der Waals surface area contributed by atoms with Crippen molar-refractivity contribution in [2.24, 2.45) is 5.92 Å². The molecule has 3 saturated heterocycles. The summed E-state index contributed by atoms with van der Waals surface area (Å²) >= 11 is 1.64. The van der Waals surface area contributed by atoms with Crippen LogP contribution in [0, 0.1) is 5.92 Å². The Bertz CT molecular complexity index is 673. The number of hydrogen-bond acceptors (Lipinski definition) is 4. The van der Waals surface area contributed by atoms with Crippen LogP contribution in [0.1, 0.15) is 30.3 Å². The second-order valence-electron chi connectivity index (χ2n) is 6.18. The van der Waals surface area contributed by atoms with E-state index in [0.717, 1.165) is 10.8 Å². The van der Waals surface area contributed by atoms with Crippen LogP contribution in [0.3, 0.4) is 0 Å². The fourth-order valence-corrected chi connectivity index (χ4v) is 4.52. The summed E-state index contributed by atoms with van der Waals surface area (Å²) in [5.41, 5.74) is 0.532. The van der Waals surface area contributed by atoms with Crippen LogP contribution >= 0.6 is 11.3 Å². The van der Waals surface area contributed by atoms with Gasteiger partial charge in [-0.3, -0.25) is 14.7 Å². The average molecular weight is 301 g/mol. The largest absolute Gasteiger partial charge is 0.346 e. The number of carbonyl (C=O) groups is 1. The van der Waals surface area contributed by atoms with Crippen molar-refractivity contribution in [3.8, 4) is 0 Å². The molecule has 2 unspecified atom stereocenters. The number of aromatic nitrogens is 1. The molecule has 2 atom stereocenters. The minimum absolute atomic E-state index is 0.0336. The molecule has 4 nitrogen and oxygen atoms in total. The zero-order valence-corrected chi connectivity index (χ0v) is 12.9. The summed E-state index contributed by atoms with van der Waals surface area (Å²) in [7, 11) is 0. The van der Waals surface area contributed by atoms with Gasteiger partial charge in [-0.05, 0) is 55.6 Å². The van der Waals surface area contributed by atoms with E-state index in [1.54, 1.807) is 17.5 Å². The molecule has 3 aliphatic heterocycles. The van der Waals surface area contributed by atoms with Gasteiger partial charge in [0.05, 0.1) is 0 Å². The van der Waals surface area contributed by atoms with E-state index in [0.29, 0.717) is 17.7 Å². The van der Waals surface area contributed by atoms with Crippen molar-refractivity contribution in [1.29, 1.82) is 0 Å². The molecule has 0 aromatic carbocycles. The highest BCUT2D eigenvalue weighted by Gasteiger charge is 2.40. The molecule has 2 aromatic rings. The van der Waals surface area contributed by atoms with E-state index < -0.39 is 0 Å². The van der Waals surface area contributed by atoms with Crippen molar-refractivity contribution in [3.63, 3.8) is 0 Å². The first-order valence-corrected chi connectivity index (χ1v) is 8.53. The summed E-state index contributed by atoms with van der Waals surface area (Å²) in [6, 6.07) is 2.60. The van der Waals surface area contributed by atoms with Crippen molar-refractivity contribution in [2.75, 3.05) is 13.1 Å². The van der Waals surface area contributed by atoms with E-state index in [1.165, 1.54) is 25.9 Å². The number of carbonyl (C=O) groups excluding carboxylic acids is 1. The monoisotopic (exact) mass is 301 g/mol. The maximum atomic E-state index is 12.5. The molecule has 0 aliphatic carbocycles. The normalized spacial score (nSPS) is 31.5. The molecule has 0 radical (unpaired) electrons. The highest BCUT2D eigenvalue weighted by molar-refractivity contribution is 7.09. The fourth-order valence-electron chi connectivity index (χ4n) is 3.76. The van der Waals surface area contributed by atoms with E-state index in [2.05, 4.69) is 32.9 Å². The number of rotatable bonds is 2. The predicted molar refractivity (Wildman–Crippen MR) is 84.6 cm³/mol. The van der Waals surface area contributed by atoms with Gasteiger partial charge in [0.25, 0.3) is 5.91 Å². The van der Waals surface area contributed by atoms with Gasteiger partial charge in [-0.25, -0.2) is 0 Å². The zero-order chi connectivity index (χ0) is 14.4. The standard InChI is InChI=1S/C16H19N3OS/c1-10-15(11-2-4-19(10)5-3-11)18-16(20)14-6-12-8-21-9-13(12)7-17-14/h6-11,15H,2-5H2,1H3,(H,18,20). The molecule has 5 rings (SSSR count). The number of amides is 1. The van der Waals surface area contributed by atoms with Gasteiger partial charge in [0.15, 0.2) is 0 Å².